The Hall–Kier alpha value is -2.97. The average Bonchev–Trinajstić information content (AvgIpc) is 3.48. The highest BCUT2D eigenvalue weighted by atomic mass is 32.2. The van der Waals surface area contributed by atoms with E-state index < -0.39 is 0 Å². The summed E-state index contributed by atoms with van der Waals surface area (Å²) in [6.07, 6.45) is 4.67. The minimum absolute atomic E-state index is 0.0584. The second-order valence-corrected chi connectivity index (χ2v) is 10.4. The summed E-state index contributed by atoms with van der Waals surface area (Å²) in [5.74, 6) is -0.304. The third-order valence-electron chi connectivity index (χ3n) is 6.26. The molecule has 34 heavy (non-hydrogen) atoms. The number of Topliss-reactive ketones (excluding diaryl/α,β-unsaturated/α-hetero) is 1. The highest BCUT2D eigenvalue weighted by molar-refractivity contribution is 7.99. The van der Waals surface area contributed by atoms with Crippen molar-refractivity contribution < 1.29 is 9.18 Å². The number of thiophene rings is 1. The second-order valence-electron chi connectivity index (χ2n) is 8.42. The van der Waals surface area contributed by atoms with Crippen LogP contribution in [0.5, 0.6) is 0 Å². The minimum atomic E-state index is -0.341. The standard InChI is InChI=1S/C26H24FN3O2S2/c1-4-12-29-25(32)23-17-8-7-11-22(17)34-24(23)28-26(29)33-14-21(31)18-13-15(2)30(16(18)3)20-10-6-5-9-19(20)27/h4-6,9-10,13H,1,7-8,11-12,14H2,2-3H3. The molecule has 3 aromatic heterocycles. The van der Waals surface area contributed by atoms with Crippen LogP contribution in [0.1, 0.15) is 38.6 Å². The molecule has 3 heterocycles. The molecule has 0 spiro atoms. The van der Waals surface area contributed by atoms with Gasteiger partial charge in [-0.15, -0.1) is 17.9 Å². The number of aromatic nitrogens is 3. The molecule has 0 radical (unpaired) electrons. The fraction of sp³-hybridized carbons (Fsp3) is 0.269. The number of fused-ring (bicyclic) bond motifs is 3. The molecule has 5 rings (SSSR count). The first-order valence-electron chi connectivity index (χ1n) is 11.2. The quantitative estimate of drug-likeness (QED) is 0.144. The van der Waals surface area contributed by atoms with Gasteiger partial charge in [0.15, 0.2) is 10.9 Å². The number of aryl methyl sites for hydroxylation is 3. The van der Waals surface area contributed by atoms with E-state index in [1.54, 1.807) is 50.8 Å². The summed E-state index contributed by atoms with van der Waals surface area (Å²) in [5.41, 5.74) is 3.52. The van der Waals surface area contributed by atoms with Gasteiger partial charge in [-0.1, -0.05) is 30.0 Å². The Kier molecular flexibility index (Phi) is 6.04. The summed E-state index contributed by atoms with van der Waals surface area (Å²) in [4.78, 5) is 33.3. The van der Waals surface area contributed by atoms with Crippen LogP contribution < -0.4 is 5.56 Å². The third-order valence-corrected chi connectivity index (χ3v) is 8.42. The Bertz CT molecular complexity index is 1510. The Morgan fingerprint density at radius 1 is 1.29 bits per heavy atom. The number of carbonyl (C=O) groups excluding carboxylic acids is 1. The van der Waals surface area contributed by atoms with Crippen LogP contribution in [0.25, 0.3) is 15.9 Å². The molecule has 0 aliphatic heterocycles. The Labute approximate surface area is 205 Å². The maximum absolute atomic E-state index is 14.4. The van der Waals surface area contributed by atoms with E-state index in [9.17, 15) is 14.0 Å². The lowest BCUT2D eigenvalue weighted by Crippen LogP contribution is -2.23. The summed E-state index contributed by atoms with van der Waals surface area (Å²) >= 11 is 2.85. The van der Waals surface area contributed by atoms with Crippen molar-refractivity contribution in [1.82, 2.24) is 14.1 Å². The zero-order valence-electron chi connectivity index (χ0n) is 19.1. The van der Waals surface area contributed by atoms with Gasteiger partial charge in [-0.3, -0.25) is 14.2 Å². The molecule has 5 nitrogen and oxygen atoms in total. The number of halogens is 1. The van der Waals surface area contributed by atoms with Crippen LogP contribution in [0, 0.1) is 19.7 Å². The molecular formula is C26H24FN3O2S2. The van der Waals surface area contributed by atoms with Gasteiger partial charge in [0.25, 0.3) is 5.56 Å². The molecule has 4 aromatic rings. The fourth-order valence-electron chi connectivity index (χ4n) is 4.72. The van der Waals surface area contributed by atoms with E-state index in [2.05, 4.69) is 6.58 Å². The molecule has 0 N–H and O–H groups in total. The van der Waals surface area contributed by atoms with Gasteiger partial charge in [0.1, 0.15) is 10.6 Å². The molecule has 0 saturated heterocycles. The van der Waals surface area contributed by atoms with Crippen LogP contribution in [-0.2, 0) is 19.4 Å². The molecule has 1 aromatic carbocycles. The van der Waals surface area contributed by atoms with Crippen LogP contribution >= 0.6 is 23.1 Å². The van der Waals surface area contributed by atoms with E-state index in [-0.39, 0.29) is 22.9 Å². The van der Waals surface area contributed by atoms with Crippen LogP contribution in [0.15, 0.2) is 52.9 Å². The maximum atomic E-state index is 14.4. The number of hydrogen-bond donors (Lipinski definition) is 0. The van der Waals surface area contributed by atoms with E-state index in [4.69, 9.17) is 4.98 Å². The first-order valence-corrected chi connectivity index (χ1v) is 13.0. The number of nitrogens with zero attached hydrogens (tertiary/aromatic N) is 3. The number of para-hydroxylation sites is 1. The monoisotopic (exact) mass is 493 g/mol. The summed E-state index contributed by atoms with van der Waals surface area (Å²) in [5, 5.41) is 1.25. The van der Waals surface area contributed by atoms with Crippen molar-refractivity contribution >= 4 is 39.1 Å². The van der Waals surface area contributed by atoms with E-state index in [0.29, 0.717) is 28.6 Å². The molecule has 0 fully saturated rings. The van der Waals surface area contributed by atoms with Crippen LogP contribution in [0.3, 0.4) is 0 Å². The molecule has 0 unspecified atom stereocenters. The molecule has 0 saturated carbocycles. The van der Waals surface area contributed by atoms with E-state index in [0.717, 1.165) is 40.7 Å². The fourth-order valence-corrected chi connectivity index (χ4v) is 6.91. The molecule has 1 aliphatic carbocycles. The molecule has 0 atom stereocenters. The largest absolute Gasteiger partial charge is 0.315 e. The number of benzene rings is 1. The van der Waals surface area contributed by atoms with Crippen molar-refractivity contribution in [3.63, 3.8) is 0 Å². The number of thioether (sulfide) groups is 1. The van der Waals surface area contributed by atoms with Gasteiger partial charge < -0.3 is 4.57 Å². The van der Waals surface area contributed by atoms with E-state index in [1.807, 2.05) is 13.8 Å². The lowest BCUT2D eigenvalue weighted by Gasteiger charge is -2.11. The molecule has 1 aliphatic rings. The molecule has 0 bridgehead atoms. The van der Waals surface area contributed by atoms with Gasteiger partial charge in [0, 0.05) is 28.4 Å². The Balaban J connectivity index is 1.46. The number of allylic oxidation sites excluding steroid dienone is 1. The van der Waals surface area contributed by atoms with Crippen molar-refractivity contribution in [3.8, 4) is 5.69 Å². The summed E-state index contributed by atoms with van der Waals surface area (Å²) in [6.45, 7) is 7.80. The number of carbonyl (C=O) groups is 1. The number of rotatable bonds is 7. The smallest absolute Gasteiger partial charge is 0.263 e. The third kappa shape index (κ3) is 3.75. The molecular weight excluding hydrogens is 469 g/mol. The number of ketones is 1. The van der Waals surface area contributed by atoms with Crippen molar-refractivity contribution in [3.05, 3.63) is 86.5 Å². The van der Waals surface area contributed by atoms with Crippen LogP contribution in [0.4, 0.5) is 4.39 Å². The highest BCUT2D eigenvalue weighted by Gasteiger charge is 2.24. The van der Waals surface area contributed by atoms with Gasteiger partial charge in [-0.2, -0.15) is 0 Å². The SMILES string of the molecule is C=CCn1c(SCC(=O)c2cc(C)n(-c3ccccc3F)c2C)nc2sc3c(c2c1=O)CCC3. The lowest BCUT2D eigenvalue weighted by atomic mass is 10.2. The maximum Gasteiger partial charge on any atom is 0.263 e. The van der Waals surface area contributed by atoms with Crippen molar-refractivity contribution in [2.75, 3.05) is 5.75 Å². The zero-order chi connectivity index (χ0) is 24.0. The van der Waals surface area contributed by atoms with Gasteiger partial charge in [-0.25, -0.2) is 9.37 Å². The topological polar surface area (TPSA) is 56.9 Å². The van der Waals surface area contributed by atoms with Crippen molar-refractivity contribution in [2.24, 2.45) is 0 Å². The Morgan fingerprint density at radius 2 is 2.09 bits per heavy atom. The second kappa shape index (κ2) is 9.00. The van der Waals surface area contributed by atoms with Gasteiger partial charge in [0.2, 0.25) is 0 Å². The van der Waals surface area contributed by atoms with Gasteiger partial charge in [-0.05, 0) is 56.9 Å². The predicted molar refractivity (Wildman–Crippen MR) is 136 cm³/mol. The molecule has 8 heteroatoms. The highest BCUT2D eigenvalue weighted by Crippen LogP contribution is 2.35. The first kappa shape index (κ1) is 22.8. The van der Waals surface area contributed by atoms with Crippen LogP contribution in [0.2, 0.25) is 0 Å². The minimum Gasteiger partial charge on any atom is -0.315 e. The van der Waals surface area contributed by atoms with E-state index in [1.165, 1.54) is 22.7 Å². The summed E-state index contributed by atoms with van der Waals surface area (Å²) < 4.78 is 17.8. The molecule has 174 valence electrons. The van der Waals surface area contributed by atoms with Crippen molar-refractivity contribution in [1.29, 1.82) is 0 Å². The Morgan fingerprint density at radius 3 is 2.85 bits per heavy atom. The first-order chi connectivity index (χ1) is 16.4. The summed E-state index contributed by atoms with van der Waals surface area (Å²) in [7, 11) is 0. The van der Waals surface area contributed by atoms with E-state index >= 15 is 0 Å². The molecule has 0 amide bonds. The number of hydrogen-bond acceptors (Lipinski definition) is 5. The normalized spacial score (nSPS) is 12.9. The average molecular weight is 494 g/mol. The summed E-state index contributed by atoms with van der Waals surface area (Å²) in [6, 6.07) is 8.32. The van der Waals surface area contributed by atoms with Gasteiger partial charge in [0.05, 0.1) is 16.8 Å². The zero-order valence-corrected chi connectivity index (χ0v) is 20.7. The van der Waals surface area contributed by atoms with Gasteiger partial charge >= 0.3 is 0 Å². The van der Waals surface area contributed by atoms with Crippen molar-refractivity contribution in [2.45, 2.75) is 44.8 Å². The van der Waals surface area contributed by atoms with Crippen LogP contribution in [-0.4, -0.2) is 25.7 Å². The lowest BCUT2D eigenvalue weighted by molar-refractivity contribution is 0.102. The predicted octanol–water partition coefficient (Wildman–Crippen LogP) is 5.65.